The van der Waals surface area contributed by atoms with E-state index in [4.69, 9.17) is 9.47 Å². The molecule has 9 heteroatoms. The third-order valence-corrected chi connectivity index (χ3v) is 7.83. The molecule has 0 spiro atoms. The van der Waals surface area contributed by atoms with Gasteiger partial charge in [-0.2, -0.15) is 0 Å². The SMILES string of the molecule is Cc1ccc(C)c(C(C(=O)NC(Cc2ccccc2)C(=O)OC(C)(C)C)N(C(=O)C(NC(=O)OC(C)(C)C)C(C)C)C2CC2C)c1. The Kier molecular flexibility index (Phi) is 11.7. The number of carbonyl (C=O) groups is 4. The van der Waals surface area contributed by atoms with Gasteiger partial charge < -0.3 is 25.0 Å². The van der Waals surface area contributed by atoms with E-state index in [9.17, 15) is 19.2 Å². The molecule has 0 saturated heterocycles. The van der Waals surface area contributed by atoms with Crippen molar-refractivity contribution in [1.82, 2.24) is 15.5 Å². The van der Waals surface area contributed by atoms with Gasteiger partial charge in [0, 0.05) is 12.5 Å². The van der Waals surface area contributed by atoms with E-state index in [1.54, 1.807) is 46.4 Å². The topological polar surface area (TPSA) is 114 Å². The highest BCUT2D eigenvalue weighted by atomic mass is 16.6. The van der Waals surface area contributed by atoms with Crippen molar-refractivity contribution in [1.29, 1.82) is 0 Å². The molecule has 46 heavy (non-hydrogen) atoms. The molecule has 2 aromatic carbocycles. The number of benzene rings is 2. The third kappa shape index (κ3) is 10.3. The minimum absolute atomic E-state index is 0.143. The molecule has 0 radical (unpaired) electrons. The van der Waals surface area contributed by atoms with Crippen LogP contribution in [0.2, 0.25) is 0 Å². The fraction of sp³-hybridized carbons (Fsp3) is 0.568. The van der Waals surface area contributed by atoms with Crippen molar-refractivity contribution < 1.29 is 28.7 Å². The smallest absolute Gasteiger partial charge is 0.408 e. The van der Waals surface area contributed by atoms with E-state index < -0.39 is 47.3 Å². The van der Waals surface area contributed by atoms with Crippen molar-refractivity contribution in [3.63, 3.8) is 0 Å². The maximum absolute atomic E-state index is 14.6. The quantitative estimate of drug-likeness (QED) is 0.284. The van der Waals surface area contributed by atoms with Crippen molar-refractivity contribution >= 4 is 23.9 Å². The first-order valence-electron chi connectivity index (χ1n) is 16.2. The van der Waals surface area contributed by atoms with E-state index in [1.807, 2.05) is 83.1 Å². The minimum atomic E-state index is -1.07. The predicted octanol–water partition coefficient (Wildman–Crippen LogP) is 6.20. The highest BCUT2D eigenvalue weighted by Gasteiger charge is 2.49. The third-order valence-electron chi connectivity index (χ3n) is 7.83. The van der Waals surface area contributed by atoms with Gasteiger partial charge in [-0.3, -0.25) is 9.59 Å². The summed E-state index contributed by atoms with van der Waals surface area (Å²) in [6.07, 6.45) is 0.213. The summed E-state index contributed by atoms with van der Waals surface area (Å²) in [5, 5.41) is 5.77. The molecular weight excluding hydrogens is 582 g/mol. The van der Waals surface area contributed by atoms with E-state index in [0.29, 0.717) is 12.0 Å². The van der Waals surface area contributed by atoms with Crippen molar-refractivity contribution in [2.45, 2.75) is 124 Å². The lowest BCUT2D eigenvalue weighted by Gasteiger charge is -2.37. The monoisotopic (exact) mass is 635 g/mol. The molecule has 5 atom stereocenters. The minimum Gasteiger partial charge on any atom is -0.458 e. The largest absolute Gasteiger partial charge is 0.458 e. The first-order valence-corrected chi connectivity index (χ1v) is 16.2. The second-order valence-electron chi connectivity index (χ2n) is 14.9. The van der Waals surface area contributed by atoms with Crippen molar-refractivity contribution in [2.75, 3.05) is 0 Å². The number of nitrogens with zero attached hydrogens (tertiary/aromatic N) is 1. The van der Waals surface area contributed by atoms with E-state index in [-0.39, 0.29) is 30.2 Å². The molecule has 3 amide bonds. The van der Waals surface area contributed by atoms with E-state index in [0.717, 1.165) is 16.7 Å². The zero-order chi connectivity index (χ0) is 34.6. The van der Waals surface area contributed by atoms with Crippen LogP contribution in [0, 0.1) is 25.7 Å². The highest BCUT2D eigenvalue weighted by molar-refractivity contribution is 5.94. The maximum atomic E-state index is 14.6. The molecule has 9 nitrogen and oxygen atoms in total. The molecule has 2 aromatic rings. The van der Waals surface area contributed by atoms with E-state index in [1.165, 1.54) is 0 Å². The molecule has 1 aliphatic carbocycles. The van der Waals surface area contributed by atoms with Crippen LogP contribution >= 0.6 is 0 Å². The summed E-state index contributed by atoms with van der Waals surface area (Å²) in [6, 6.07) is 12.0. The van der Waals surface area contributed by atoms with Crippen LogP contribution in [0.3, 0.4) is 0 Å². The van der Waals surface area contributed by atoms with Crippen LogP contribution in [0.4, 0.5) is 4.79 Å². The number of esters is 1. The average molecular weight is 636 g/mol. The molecule has 2 N–H and O–H groups in total. The van der Waals surface area contributed by atoms with E-state index in [2.05, 4.69) is 10.6 Å². The van der Waals surface area contributed by atoms with Gasteiger partial charge in [0.1, 0.15) is 29.3 Å². The molecule has 1 aliphatic rings. The molecule has 1 saturated carbocycles. The lowest BCUT2D eigenvalue weighted by molar-refractivity contribution is -0.159. The van der Waals surface area contributed by atoms with Crippen LogP contribution in [0.1, 0.15) is 97.0 Å². The molecule has 0 aliphatic heterocycles. The number of nitrogens with one attached hydrogen (secondary N) is 2. The van der Waals surface area contributed by atoms with Crippen LogP contribution in [-0.4, -0.2) is 58.1 Å². The van der Waals surface area contributed by atoms with Gasteiger partial charge in [-0.15, -0.1) is 0 Å². The number of hydrogen-bond donors (Lipinski definition) is 2. The van der Waals surface area contributed by atoms with Crippen molar-refractivity contribution in [2.24, 2.45) is 11.8 Å². The van der Waals surface area contributed by atoms with Crippen molar-refractivity contribution in [3.05, 3.63) is 70.8 Å². The van der Waals surface area contributed by atoms with Gasteiger partial charge in [-0.05, 0) is 90.3 Å². The van der Waals surface area contributed by atoms with Gasteiger partial charge in [-0.1, -0.05) is 74.9 Å². The Labute approximate surface area is 274 Å². The Hall–Kier alpha value is -3.88. The summed E-state index contributed by atoms with van der Waals surface area (Å²) < 4.78 is 11.2. The van der Waals surface area contributed by atoms with Crippen molar-refractivity contribution in [3.8, 4) is 0 Å². The lowest BCUT2D eigenvalue weighted by Crippen LogP contribution is -2.57. The number of rotatable bonds is 11. The summed E-state index contributed by atoms with van der Waals surface area (Å²) in [7, 11) is 0. The van der Waals surface area contributed by atoms with Gasteiger partial charge in [0.25, 0.3) is 0 Å². The molecular formula is C37H53N3O6. The second kappa shape index (κ2) is 14.7. The Morgan fingerprint density at radius 1 is 0.891 bits per heavy atom. The summed E-state index contributed by atoms with van der Waals surface area (Å²) in [5.74, 6) is -1.59. The molecule has 0 bridgehead atoms. The Morgan fingerprint density at radius 2 is 1.48 bits per heavy atom. The number of aryl methyl sites for hydroxylation is 2. The van der Waals surface area contributed by atoms with Gasteiger partial charge in [-0.25, -0.2) is 9.59 Å². The Morgan fingerprint density at radius 3 is 2.00 bits per heavy atom. The fourth-order valence-electron chi connectivity index (χ4n) is 5.42. The normalized spacial score (nSPS) is 18.2. The van der Waals surface area contributed by atoms with Gasteiger partial charge in [0.2, 0.25) is 11.8 Å². The lowest BCUT2D eigenvalue weighted by atomic mass is 9.94. The number of amides is 3. The van der Waals surface area contributed by atoms with E-state index >= 15 is 0 Å². The Bertz CT molecular complexity index is 1390. The van der Waals surface area contributed by atoms with Crippen LogP contribution in [-0.2, 0) is 30.3 Å². The second-order valence-corrected chi connectivity index (χ2v) is 14.9. The van der Waals surface area contributed by atoms with Crippen LogP contribution in [0.5, 0.6) is 0 Å². The molecule has 5 unspecified atom stereocenters. The van der Waals surface area contributed by atoms with Gasteiger partial charge in [0.15, 0.2) is 0 Å². The molecule has 0 heterocycles. The maximum Gasteiger partial charge on any atom is 0.408 e. The van der Waals surface area contributed by atoms with Gasteiger partial charge in [0.05, 0.1) is 0 Å². The standard InChI is InChI=1S/C37H53N3O6/c1-22(2)30(39-35(44)46-37(9,10)11)33(42)40(29-20-25(29)5)31(27-19-23(3)17-18-24(27)4)32(41)38-28(34(43)45-36(6,7)8)21-26-15-13-12-14-16-26/h12-19,22,25,28-31H,20-21H2,1-11H3,(H,38,41)(H,39,44). The highest BCUT2D eigenvalue weighted by Crippen LogP contribution is 2.42. The summed E-state index contributed by atoms with van der Waals surface area (Å²) in [4.78, 5) is 57.3. The zero-order valence-electron chi connectivity index (χ0n) is 29.4. The summed E-state index contributed by atoms with van der Waals surface area (Å²) in [6.45, 7) is 20.2. The average Bonchev–Trinajstić information content (AvgIpc) is 3.65. The zero-order valence-corrected chi connectivity index (χ0v) is 29.4. The number of ether oxygens (including phenoxy) is 2. The fourth-order valence-corrected chi connectivity index (χ4v) is 5.42. The predicted molar refractivity (Wildman–Crippen MR) is 179 cm³/mol. The molecule has 1 fully saturated rings. The number of hydrogen-bond acceptors (Lipinski definition) is 6. The van der Waals surface area contributed by atoms with Crippen LogP contribution in [0.15, 0.2) is 48.5 Å². The van der Waals surface area contributed by atoms with Crippen LogP contribution in [0.25, 0.3) is 0 Å². The first kappa shape index (κ1) is 36.6. The first-order chi connectivity index (χ1) is 21.3. The molecule has 0 aromatic heterocycles. The Balaban J connectivity index is 2.10. The van der Waals surface area contributed by atoms with Crippen LogP contribution < -0.4 is 10.6 Å². The summed E-state index contributed by atoms with van der Waals surface area (Å²) >= 11 is 0. The molecule has 252 valence electrons. The summed E-state index contributed by atoms with van der Waals surface area (Å²) in [5.41, 5.74) is 1.74. The number of alkyl carbamates (subject to hydrolysis) is 1. The van der Waals surface area contributed by atoms with Gasteiger partial charge >= 0.3 is 12.1 Å². The molecule has 3 rings (SSSR count). The number of carbonyl (C=O) groups excluding carboxylic acids is 4.